The van der Waals surface area contributed by atoms with Gasteiger partial charge in [0.15, 0.2) is 5.75 Å². The van der Waals surface area contributed by atoms with Gasteiger partial charge in [-0.25, -0.2) is 0 Å². The van der Waals surface area contributed by atoms with Gasteiger partial charge in [-0.1, -0.05) is 6.07 Å². The van der Waals surface area contributed by atoms with Gasteiger partial charge in [-0.2, -0.15) is 11.8 Å². The SMILES string of the molecule is CCOc1c(N)cccc1C(=O)NCC1CCCS1. The number of ether oxygens (including phenoxy) is 1. The molecular weight excluding hydrogens is 260 g/mol. The van der Waals surface area contributed by atoms with Crippen molar-refractivity contribution in [3.63, 3.8) is 0 Å². The minimum absolute atomic E-state index is 0.108. The standard InChI is InChI=1S/C14H20N2O2S/c1-2-18-13-11(6-3-7-12(13)15)14(17)16-9-10-5-4-8-19-10/h3,6-7,10H,2,4-5,8-9,15H2,1H3,(H,16,17). The Morgan fingerprint density at radius 1 is 1.58 bits per heavy atom. The molecule has 1 amide bonds. The Bertz CT molecular complexity index is 445. The van der Waals surface area contributed by atoms with Crippen molar-refractivity contribution in [1.82, 2.24) is 5.32 Å². The average Bonchev–Trinajstić information content (AvgIpc) is 2.92. The molecule has 0 bridgehead atoms. The summed E-state index contributed by atoms with van der Waals surface area (Å²) in [6.07, 6.45) is 2.42. The lowest BCUT2D eigenvalue weighted by atomic mass is 10.1. The van der Waals surface area contributed by atoms with Crippen LogP contribution in [0, 0.1) is 0 Å². The summed E-state index contributed by atoms with van der Waals surface area (Å²) in [5.74, 6) is 1.58. The maximum absolute atomic E-state index is 12.2. The molecule has 4 nitrogen and oxygen atoms in total. The average molecular weight is 280 g/mol. The van der Waals surface area contributed by atoms with E-state index in [2.05, 4.69) is 5.32 Å². The van der Waals surface area contributed by atoms with Crippen molar-refractivity contribution in [1.29, 1.82) is 0 Å². The molecule has 1 fully saturated rings. The van der Waals surface area contributed by atoms with E-state index < -0.39 is 0 Å². The minimum Gasteiger partial charge on any atom is -0.491 e. The molecule has 5 heteroatoms. The summed E-state index contributed by atoms with van der Waals surface area (Å²) in [7, 11) is 0. The largest absolute Gasteiger partial charge is 0.491 e. The predicted octanol–water partition coefficient (Wildman–Crippen LogP) is 2.29. The first-order valence-electron chi connectivity index (χ1n) is 6.63. The van der Waals surface area contributed by atoms with Crippen LogP contribution in [-0.2, 0) is 0 Å². The van der Waals surface area contributed by atoms with E-state index in [0.717, 1.165) is 0 Å². The quantitative estimate of drug-likeness (QED) is 0.812. The van der Waals surface area contributed by atoms with Gasteiger partial charge in [-0.05, 0) is 37.7 Å². The molecule has 0 spiro atoms. The summed E-state index contributed by atoms with van der Waals surface area (Å²) in [6, 6.07) is 5.27. The highest BCUT2D eigenvalue weighted by molar-refractivity contribution is 8.00. The second-order valence-corrected chi connectivity index (χ2v) is 5.91. The molecule has 104 valence electrons. The van der Waals surface area contributed by atoms with Crippen LogP contribution in [0.3, 0.4) is 0 Å². The molecule has 0 radical (unpaired) electrons. The lowest BCUT2D eigenvalue weighted by Crippen LogP contribution is -2.30. The van der Waals surface area contributed by atoms with E-state index in [1.165, 1.54) is 18.6 Å². The van der Waals surface area contributed by atoms with Crippen molar-refractivity contribution in [3.8, 4) is 5.75 Å². The molecule has 1 aliphatic rings. The van der Waals surface area contributed by atoms with Crippen LogP contribution in [0.2, 0.25) is 0 Å². The molecule has 1 saturated heterocycles. The van der Waals surface area contributed by atoms with Crippen LogP contribution in [0.5, 0.6) is 5.75 Å². The van der Waals surface area contributed by atoms with Gasteiger partial charge in [0, 0.05) is 11.8 Å². The first-order chi connectivity index (χ1) is 9.22. The van der Waals surface area contributed by atoms with Crippen LogP contribution in [0.4, 0.5) is 5.69 Å². The first kappa shape index (κ1) is 14.1. The van der Waals surface area contributed by atoms with Gasteiger partial charge in [0.25, 0.3) is 5.91 Å². The number of amides is 1. The van der Waals surface area contributed by atoms with Crippen molar-refractivity contribution >= 4 is 23.4 Å². The molecule has 3 N–H and O–H groups in total. The van der Waals surface area contributed by atoms with E-state index in [4.69, 9.17) is 10.5 Å². The lowest BCUT2D eigenvalue weighted by Gasteiger charge is -2.14. The Labute approximate surface area is 118 Å². The number of thioether (sulfide) groups is 1. The maximum Gasteiger partial charge on any atom is 0.255 e. The number of hydrogen-bond acceptors (Lipinski definition) is 4. The summed E-state index contributed by atoms with van der Waals surface area (Å²) in [6.45, 7) is 3.08. The fraction of sp³-hybridized carbons (Fsp3) is 0.500. The van der Waals surface area contributed by atoms with Crippen LogP contribution in [0.15, 0.2) is 18.2 Å². The highest BCUT2D eigenvalue weighted by Gasteiger charge is 2.19. The van der Waals surface area contributed by atoms with Gasteiger partial charge in [0.05, 0.1) is 17.9 Å². The monoisotopic (exact) mass is 280 g/mol. The third kappa shape index (κ3) is 3.56. The number of carbonyl (C=O) groups is 1. The van der Waals surface area contributed by atoms with Gasteiger partial charge in [0.1, 0.15) is 0 Å². The fourth-order valence-electron chi connectivity index (χ4n) is 2.15. The van der Waals surface area contributed by atoms with Crippen LogP contribution in [-0.4, -0.2) is 30.1 Å². The number of nitrogen functional groups attached to an aromatic ring is 1. The highest BCUT2D eigenvalue weighted by atomic mass is 32.2. The van der Waals surface area contributed by atoms with Crippen LogP contribution in [0.1, 0.15) is 30.1 Å². The van der Waals surface area contributed by atoms with Crippen molar-refractivity contribution < 1.29 is 9.53 Å². The molecule has 1 aromatic carbocycles. The molecule has 1 heterocycles. The van der Waals surface area contributed by atoms with Gasteiger partial charge >= 0.3 is 0 Å². The van der Waals surface area contributed by atoms with E-state index in [9.17, 15) is 4.79 Å². The number of nitrogens with two attached hydrogens (primary N) is 1. The second kappa shape index (κ2) is 6.70. The normalized spacial score (nSPS) is 18.3. The van der Waals surface area contributed by atoms with Crippen LogP contribution in [0.25, 0.3) is 0 Å². The molecular formula is C14H20N2O2S. The Morgan fingerprint density at radius 3 is 3.11 bits per heavy atom. The third-order valence-corrected chi connectivity index (χ3v) is 4.49. The van der Waals surface area contributed by atoms with Crippen molar-refractivity contribution in [2.24, 2.45) is 0 Å². The van der Waals surface area contributed by atoms with Crippen LogP contribution >= 0.6 is 11.8 Å². The van der Waals surface area contributed by atoms with Gasteiger partial charge in [-0.3, -0.25) is 4.79 Å². The summed E-state index contributed by atoms with van der Waals surface area (Å²) >= 11 is 1.93. The fourth-order valence-corrected chi connectivity index (χ4v) is 3.35. The summed E-state index contributed by atoms with van der Waals surface area (Å²) < 4.78 is 5.47. The van der Waals surface area contributed by atoms with E-state index >= 15 is 0 Å². The smallest absolute Gasteiger partial charge is 0.255 e. The summed E-state index contributed by atoms with van der Waals surface area (Å²) in [5, 5.41) is 3.51. The van der Waals surface area contributed by atoms with Crippen molar-refractivity contribution in [2.75, 3.05) is 24.6 Å². The zero-order valence-electron chi connectivity index (χ0n) is 11.1. The number of hydrogen-bond donors (Lipinski definition) is 2. The van der Waals surface area contributed by atoms with E-state index in [1.54, 1.807) is 18.2 Å². The number of para-hydroxylation sites is 1. The number of rotatable bonds is 5. The molecule has 0 aliphatic carbocycles. The molecule has 1 unspecified atom stereocenters. The van der Waals surface area contributed by atoms with Gasteiger partial charge in [0.2, 0.25) is 0 Å². The highest BCUT2D eigenvalue weighted by Crippen LogP contribution is 2.27. The predicted molar refractivity (Wildman–Crippen MR) is 79.8 cm³/mol. The molecule has 1 atom stereocenters. The van der Waals surface area contributed by atoms with E-state index in [0.29, 0.717) is 35.4 Å². The first-order valence-corrected chi connectivity index (χ1v) is 7.68. The number of benzene rings is 1. The Hall–Kier alpha value is -1.36. The number of nitrogens with one attached hydrogen (secondary N) is 1. The Kier molecular flexibility index (Phi) is 4.96. The molecule has 19 heavy (non-hydrogen) atoms. The molecule has 1 aromatic rings. The Morgan fingerprint density at radius 2 is 2.42 bits per heavy atom. The van der Waals surface area contributed by atoms with Gasteiger partial charge < -0.3 is 15.8 Å². The molecule has 0 saturated carbocycles. The van der Waals surface area contributed by atoms with Gasteiger partial charge in [-0.15, -0.1) is 0 Å². The third-order valence-electron chi connectivity index (χ3n) is 3.09. The number of carbonyl (C=O) groups excluding carboxylic acids is 1. The van der Waals surface area contributed by atoms with Crippen molar-refractivity contribution in [3.05, 3.63) is 23.8 Å². The minimum atomic E-state index is -0.108. The zero-order chi connectivity index (χ0) is 13.7. The van der Waals surface area contributed by atoms with E-state index in [1.807, 2.05) is 18.7 Å². The molecule has 1 aliphatic heterocycles. The Balaban J connectivity index is 2.03. The summed E-state index contributed by atoms with van der Waals surface area (Å²) in [4.78, 5) is 12.2. The zero-order valence-corrected chi connectivity index (χ0v) is 12.0. The second-order valence-electron chi connectivity index (χ2n) is 4.50. The van der Waals surface area contributed by atoms with Crippen molar-refractivity contribution in [2.45, 2.75) is 25.0 Å². The topological polar surface area (TPSA) is 64.3 Å². The molecule has 0 aromatic heterocycles. The summed E-state index contributed by atoms with van der Waals surface area (Å²) in [5.41, 5.74) is 6.88. The number of anilines is 1. The lowest BCUT2D eigenvalue weighted by molar-refractivity contribution is 0.0950. The van der Waals surface area contributed by atoms with E-state index in [-0.39, 0.29) is 5.91 Å². The maximum atomic E-state index is 12.2. The van der Waals surface area contributed by atoms with Crippen LogP contribution < -0.4 is 15.8 Å². The molecule has 2 rings (SSSR count).